The monoisotopic (exact) mass is 405 g/mol. The van der Waals surface area contributed by atoms with Crippen molar-refractivity contribution >= 4 is 29.2 Å². The SMILES string of the molecule is Cc1cccc(N2C(=O)[C@@H](CC(=O)Nc3ccccc3)N(C3CCCCC3)C2=O)c1. The average molecular weight is 405 g/mol. The smallest absolute Gasteiger partial charge is 0.326 e. The molecule has 0 aromatic heterocycles. The van der Waals surface area contributed by atoms with E-state index in [1.807, 2.05) is 43.3 Å². The normalized spacial score (nSPS) is 20.0. The second-order valence-electron chi connectivity index (χ2n) is 8.13. The van der Waals surface area contributed by atoms with Crippen LogP contribution in [0.1, 0.15) is 44.1 Å². The van der Waals surface area contributed by atoms with Crippen molar-refractivity contribution < 1.29 is 14.4 Å². The van der Waals surface area contributed by atoms with Crippen LogP contribution in [0.15, 0.2) is 54.6 Å². The molecular weight excluding hydrogens is 378 g/mol. The molecule has 1 aliphatic carbocycles. The summed E-state index contributed by atoms with van der Waals surface area (Å²) in [4.78, 5) is 42.4. The van der Waals surface area contributed by atoms with Crippen LogP contribution in [0.4, 0.5) is 16.2 Å². The van der Waals surface area contributed by atoms with E-state index in [9.17, 15) is 14.4 Å². The summed E-state index contributed by atoms with van der Waals surface area (Å²) in [7, 11) is 0. The third kappa shape index (κ3) is 4.08. The second kappa shape index (κ2) is 8.69. The molecule has 0 unspecified atom stereocenters. The molecule has 1 aliphatic heterocycles. The van der Waals surface area contributed by atoms with Gasteiger partial charge in [-0.1, -0.05) is 49.6 Å². The predicted molar refractivity (Wildman–Crippen MR) is 116 cm³/mol. The molecule has 2 fully saturated rings. The van der Waals surface area contributed by atoms with Gasteiger partial charge in [0.2, 0.25) is 5.91 Å². The zero-order valence-corrected chi connectivity index (χ0v) is 17.2. The minimum absolute atomic E-state index is 0.000431. The predicted octanol–water partition coefficient (Wildman–Crippen LogP) is 4.49. The number of amides is 4. The lowest BCUT2D eigenvalue weighted by Crippen LogP contribution is -2.45. The number of benzene rings is 2. The van der Waals surface area contributed by atoms with E-state index in [4.69, 9.17) is 0 Å². The number of nitrogens with zero attached hydrogens (tertiary/aromatic N) is 2. The number of urea groups is 1. The van der Waals surface area contributed by atoms with Crippen molar-refractivity contribution in [3.8, 4) is 0 Å². The average Bonchev–Trinajstić information content (AvgIpc) is 2.99. The van der Waals surface area contributed by atoms with Crippen LogP contribution in [0.25, 0.3) is 0 Å². The Bertz CT molecular complexity index is 938. The Labute approximate surface area is 176 Å². The van der Waals surface area contributed by atoms with Gasteiger partial charge in [-0.05, 0) is 49.6 Å². The Kier molecular flexibility index (Phi) is 5.84. The van der Waals surface area contributed by atoms with Gasteiger partial charge in [-0.2, -0.15) is 0 Å². The fraction of sp³-hybridized carbons (Fsp3) is 0.375. The number of rotatable bonds is 5. The third-order valence-corrected chi connectivity index (χ3v) is 5.92. The van der Waals surface area contributed by atoms with Crippen molar-refractivity contribution in [2.45, 2.75) is 57.5 Å². The number of aryl methyl sites for hydroxylation is 1. The molecule has 0 radical (unpaired) electrons. The maximum Gasteiger partial charge on any atom is 0.332 e. The number of imide groups is 1. The van der Waals surface area contributed by atoms with E-state index >= 15 is 0 Å². The summed E-state index contributed by atoms with van der Waals surface area (Å²) in [6.07, 6.45) is 4.92. The molecule has 0 bridgehead atoms. The molecular formula is C24H27N3O3. The van der Waals surface area contributed by atoms with Crippen molar-refractivity contribution in [1.82, 2.24) is 4.90 Å². The first-order valence-corrected chi connectivity index (χ1v) is 10.6. The van der Waals surface area contributed by atoms with Crippen molar-refractivity contribution in [3.05, 3.63) is 60.2 Å². The molecule has 1 N–H and O–H groups in total. The van der Waals surface area contributed by atoms with Crippen molar-refractivity contribution in [3.63, 3.8) is 0 Å². The van der Waals surface area contributed by atoms with E-state index < -0.39 is 6.04 Å². The molecule has 30 heavy (non-hydrogen) atoms. The topological polar surface area (TPSA) is 69.7 Å². The van der Waals surface area contributed by atoms with Gasteiger partial charge in [0, 0.05) is 11.7 Å². The molecule has 1 heterocycles. The van der Waals surface area contributed by atoms with Gasteiger partial charge in [-0.25, -0.2) is 9.69 Å². The Morgan fingerprint density at radius 3 is 2.43 bits per heavy atom. The molecule has 0 spiro atoms. The van der Waals surface area contributed by atoms with Gasteiger partial charge in [0.1, 0.15) is 6.04 Å². The highest BCUT2D eigenvalue weighted by molar-refractivity contribution is 6.22. The number of carbonyl (C=O) groups excluding carboxylic acids is 3. The maximum atomic E-state index is 13.4. The second-order valence-corrected chi connectivity index (χ2v) is 8.13. The van der Waals surface area contributed by atoms with Crippen LogP contribution in [-0.4, -0.2) is 34.8 Å². The number of hydrogen-bond acceptors (Lipinski definition) is 3. The number of nitrogens with one attached hydrogen (secondary N) is 1. The molecule has 1 atom stereocenters. The quantitative estimate of drug-likeness (QED) is 0.745. The summed E-state index contributed by atoms with van der Waals surface area (Å²) >= 11 is 0. The largest absolute Gasteiger partial charge is 0.332 e. The highest BCUT2D eigenvalue weighted by atomic mass is 16.2. The summed E-state index contributed by atoms with van der Waals surface area (Å²) in [5.74, 6) is -0.585. The minimum atomic E-state index is -0.773. The summed E-state index contributed by atoms with van der Waals surface area (Å²) < 4.78 is 0. The molecule has 2 aromatic rings. The lowest BCUT2D eigenvalue weighted by molar-refractivity contribution is -0.125. The minimum Gasteiger partial charge on any atom is -0.326 e. The van der Waals surface area contributed by atoms with E-state index in [1.54, 1.807) is 23.1 Å². The molecule has 1 saturated carbocycles. The maximum absolute atomic E-state index is 13.4. The first kappa shape index (κ1) is 20.1. The first-order valence-electron chi connectivity index (χ1n) is 10.6. The Hall–Kier alpha value is -3.15. The Morgan fingerprint density at radius 1 is 1.00 bits per heavy atom. The lowest BCUT2D eigenvalue weighted by Gasteiger charge is -2.33. The zero-order chi connectivity index (χ0) is 21.1. The molecule has 6 nitrogen and oxygen atoms in total. The molecule has 4 rings (SSSR count). The highest BCUT2D eigenvalue weighted by Crippen LogP contribution is 2.33. The van der Waals surface area contributed by atoms with Gasteiger partial charge in [0.25, 0.3) is 5.91 Å². The van der Waals surface area contributed by atoms with Gasteiger partial charge >= 0.3 is 6.03 Å². The standard InChI is InChI=1S/C24H27N3O3/c1-17-9-8-14-20(15-17)27-23(29)21(16-22(28)25-18-10-4-2-5-11-18)26(24(27)30)19-12-6-3-7-13-19/h2,4-5,8-11,14-15,19,21H,3,6-7,12-13,16H2,1H3,(H,25,28)/t21-/m1/s1. The van der Waals surface area contributed by atoms with Gasteiger partial charge in [-0.15, -0.1) is 0 Å². The van der Waals surface area contributed by atoms with Crippen molar-refractivity contribution in [2.24, 2.45) is 0 Å². The van der Waals surface area contributed by atoms with Crippen LogP contribution in [-0.2, 0) is 9.59 Å². The number of hydrogen-bond donors (Lipinski definition) is 1. The Balaban J connectivity index is 1.60. The Morgan fingerprint density at radius 2 is 1.73 bits per heavy atom. The fourth-order valence-electron chi connectivity index (χ4n) is 4.48. The van der Waals surface area contributed by atoms with Crippen LogP contribution in [0, 0.1) is 6.92 Å². The molecule has 6 heteroatoms. The van der Waals surface area contributed by atoms with Crippen LogP contribution in [0.5, 0.6) is 0 Å². The lowest BCUT2D eigenvalue weighted by atomic mass is 9.93. The van der Waals surface area contributed by atoms with Gasteiger partial charge in [0.05, 0.1) is 12.1 Å². The highest BCUT2D eigenvalue weighted by Gasteiger charge is 2.49. The summed E-state index contributed by atoms with van der Waals surface area (Å²) in [5, 5.41) is 2.84. The van der Waals surface area contributed by atoms with Crippen LogP contribution in [0.2, 0.25) is 0 Å². The van der Waals surface area contributed by atoms with Gasteiger partial charge < -0.3 is 10.2 Å². The number of carbonyl (C=O) groups is 3. The van der Waals surface area contributed by atoms with Gasteiger partial charge in [-0.3, -0.25) is 9.59 Å². The summed E-state index contributed by atoms with van der Waals surface area (Å²) in [6, 6.07) is 15.5. The van der Waals surface area contributed by atoms with Crippen LogP contribution >= 0.6 is 0 Å². The molecule has 2 aromatic carbocycles. The number of anilines is 2. The van der Waals surface area contributed by atoms with E-state index in [0.29, 0.717) is 11.4 Å². The number of para-hydroxylation sites is 1. The third-order valence-electron chi connectivity index (χ3n) is 5.92. The zero-order valence-electron chi connectivity index (χ0n) is 17.2. The van der Waals surface area contributed by atoms with Crippen LogP contribution in [0.3, 0.4) is 0 Å². The van der Waals surface area contributed by atoms with Crippen molar-refractivity contribution in [2.75, 3.05) is 10.2 Å². The van der Waals surface area contributed by atoms with E-state index in [2.05, 4.69) is 5.32 Å². The van der Waals surface area contributed by atoms with Crippen LogP contribution < -0.4 is 10.2 Å². The van der Waals surface area contributed by atoms with E-state index in [0.717, 1.165) is 37.7 Å². The summed E-state index contributed by atoms with van der Waals surface area (Å²) in [6.45, 7) is 1.93. The fourth-order valence-corrected chi connectivity index (χ4v) is 4.48. The molecule has 4 amide bonds. The summed E-state index contributed by atoms with van der Waals surface area (Å²) in [5.41, 5.74) is 2.22. The first-order chi connectivity index (χ1) is 14.5. The van der Waals surface area contributed by atoms with Crippen molar-refractivity contribution in [1.29, 1.82) is 0 Å². The molecule has 1 saturated heterocycles. The molecule has 2 aliphatic rings. The van der Waals surface area contributed by atoms with E-state index in [-0.39, 0.29) is 30.3 Å². The molecule has 156 valence electrons. The van der Waals surface area contributed by atoms with Gasteiger partial charge in [0.15, 0.2) is 0 Å². The van der Waals surface area contributed by atoms with E-state index in [1.165, 1.54) is 4.90 Å².